The normalized spacial score (nSPS) is 10.7. The lowest BCUT2D eigenvalue weighted by molar-refractivity contribution is 0.276. The topological polar surface area (TPSA) is 101 Å². The average molecular weight is 283 g/mol. The maximum Gasteiger partial charge on any atom is 0.258 e. The van der Waals surface area contributed by atoms with Gasteiger partial charge in [0.25, 0.3) is 5.56 Å². The molecule has 0 amide bonds. The number of H-pyrrole nitrogens is 1. The van der Waals surface area contributed by atoms with Gasteiger partial charge in [0.05, 0.1) is 29.5 Å². The molecule has 6 heteroatoms. The van der Waals surface area contributed by atoms with E-state index in [-0.39, 0.29) is 12.2 Å². The number of hydrogen-bond acceptors (Lipinski definition) is 5. The predicted octanol–water partition coefficient (Wildman–Crippen LogP) is 1.79. The van der Waals surface area contributed by atoms with Crippen molar-refractivity contribution in [1.82, 2.24) is 9.97 Å². The number of aliphatic hydroxyl groups is 1. The molecule has 0 radical (unpaired) electrons. The standard InChI is InChI=1S/C15H13N3O3/c16-11-5-10-12(17-8-18-15(10)20)6-14(11)21-13-4-2-1-3-9(13)7-19/h1-6,8,19H,7,16H2,(H,17,18,20). The third kappa shape index (κ3) is 2.44. The van der Waals surface area contributed by atoms with Crippen molar-refractivity contribution in [2.75, 3.05) is 5.73 Å². The molecule has 0 aliphatic heterocycles. The third-order valence-electron chi connectivity index (χ3n) is 3.13. The Bertz CT molecular complexity index is 858. The summed E-state index contributed by atoms with van der Waals surface area (Å²) in [5, 5.41) is 9.71. The molecule has 2 aromatic carbocycles. The highest BCUT2D eigenvalue weighted by atomic mass is 16.5. The molecule has 0 bridgehead atoms. The summed E-state index contributed by atoms with van der Waals surface area (Å²) in [6.45, 7) is -0.137. The molecule has 0 aliphatic carbocycles. The monoisotopic (exact) mass is 283 g/mol. The first-order valence-corrected chi connectivity index (χ1v) is 6.32. The Kier molecular flexibility index (Phi) is 3.29. The Balaban J connectivity index is 2.09. The Labute approximate surface area is 119 Å². The fourth-order valence-electron chi connectivity index (χ4n) is 2.05. The van der Waals surface area contributed by atoms with Gasteiger partial charge < -0.3 is 20.6 Å². The van der Waals surface area contributed by atoms with E-state index in [1.54, 1.807) is 24.3 Å². The van der Waals surface area contributed by atoms with Crippen LogP contribution in [-0.4, -0.2) is 15.1 Å². The first kappa shape index (κ1) is 13.1. The van der Waals surface area contributed by atoms with Crippen molar-refractivity contribution in [2.24, 2.45) is 0 Å². The first-order chi connectivity index (χ1) is 10.2. The van der Waals surface area contributed by atoms with E-state index in [0.29, 0.717) is 33.7 Å². The molecule has 0 spiro atoms. The molecule has 0 atom stereocenters. The number of aliphatic hydroxyl groups excluding tert-OH is 1. The molecule has 0 saturated carbocycles. The Morgan fingerprint density at radius 3 is 2.86 bits per heavy atom. The molecule has 6 nitrogen and oxygen atoms in total. The van der Waals surface area contributed by atoms with E-state index in [4.69, 9.17) is 10.5 Å². The molecule has 0 aliphatic rings. The number of benzene rings is 2. The molecule has 0 saturated heterocycles. The molecule has 106 valence electrons. The second-order valence-electron chi connectivity index (χ2n) is 4.51. The van der Waals surface area contributed by atoms with Gasteiger partial charge in [-0.05, 0) is 12.1 Å². The Morgan fingerprint density at radius 1 is 1.24 bits per heavy atom. The number of aromatic amines is 1. The highest BCUT2D eigenvalue weighted by Gasteiger charge is 2.10. The summed E-state index contributed by atoms with van der Waals surface area (Å²) in [6, 6.07) is 10.2. The van der Waals surface area contributed by atoms with Crippen LogP contribution in [0.4, 0.5) is 5.69 Å². The number of anilines is 1. The molecule has 0 fully saturated rings. The van der Waals surface area contributed by atoms with Gasteiger partial charge in [-0.25, -0.2) is 4.98 Å². The highest BCUT2D eigenvalue weighted by Crippen LogP contribution is 2.31. The van der Waals surface area contributed by atoms with Gasteiger partial charge in [-0.1, -0.05) is 18.2 Å². The summed E-state index contributed by atoms with van der Waals surface area (Å²) in [5.74, 6) is 0.900. The lowest BCUT2D eigenvalue weighted by Crippen LogP contribution is -2.07. The van der Waals surface area contributed by atoms with E-state index in [9.17, 15) is 9.90 Å². The van der Waals surface area contributed by atoms with E-state index in [0.717, 1.165) is 0 Å². The number of rotatable bonds is 3. The van der Waals surface area contributed by atoms with Crippen molar-refractivity contribution < 1.29 is 9.84 Å². The second-order valence-corrected chi connectivity index (χ2v) is 4.51. The maximum absolute atomic E-state index is 11.7. The zero-order valence-electron chi connectivity index (χ0n) is 11.0. The van der Waals surface area contributed by atoms with Gasteiger partial charge in [0.15, 0.2) is 5.75 Å². The quantitative estimate of drug-likeness (QED) is 0.636. The van der Waals surface area contributed by atoms with Crippen molar-refractivity contribution in [1.29, 1.82) is 0 Å². The van der Waals surface area contributed by atoms with Crippen molar-refractivity contribution in [3.63, 3.8) is 0 Å². The Hall–Kier alpha value is -2.86. The number of ether oxygens (including phenoxy) is 1. The molecule has 3 rings (SSSR count). The number of nitrogen functional groups attached to an aromatic ring is 1. The van der Waals surface area contributed by atoms with Gasteiger partial charge in [0.1, 0.15) is 5.75 Å². The number of nitrogens with one attached hydrogen (secondary N) is 1. The average Bonchev–Trinajstić information content (AvgIpc) is 2.50. The van der Waals surface area contributed by atoms with Crippen molar-refractivity contribution in [3.05, 3.63) is 58.6 Å². The molecule has 0 unspecified atom stereocenters. The number of fused-ring (bicyclic) bond motifs is 1. The van der Waals surface area contributed by atoms with E-state index < -0.39 is 0 Å². The second kappa shape index (κ2) is 5.26. The lowest BCUT2D eigenvalue weighted by atomic mass is 10.2. The third-order valence-corrected chi connectivity index (χ3v) is 3.13. The molecule has 21 heavy (non-hydrogen) atoms. The fourth-order valence-corrected chi connectivity index (χ4v) is 2.05. The summed E-state index contributed by atoms with van der Waals surface area (Å²) < 4.78 is 5.74. The smallest absolute Gasteiger partial charge is 0.258 e. The van der Waals surface area contributed by atoms with Crippen LogP contribution in [0.3, 0.4) is 0 Å². The summed E-state index contributed by atoms with van der Waals surface area (Å²) in [4.78, 5) is 18.3. The number of aromatic nitrogens is 2. The van der Waals surface area contributed by atoms with Crippen molar-refractivity contribution in [2.45, 2.75) is 6.61 Å². The molecule has 1 heterocycles. The minimum Gasteiger partial charge on any atom is -0.455 e. The van der Waals surface area contributed by atoms with Gasteiger partial charge in [-0.3, -0.25) is 4.79 Å². The van der Waals surface area contributed by atoms with Gasteiger partial charge >= 0.3 is 0 Å². The van der Waals surface area contributed by atoms with Gasteiger partial charge in [-0.2, -0.15) is 0 Å². The van der Waals surface area contributed by atoms with Gasteiger partial charge in [0, 0.05) is 11.6 Å². The maximum atomic E-state index is 11.7. The zero-order valence-corrected chi connectivity index (χ0v) is 11.0. The fraction of sp³-hybridized carbons (Fsp3) is 0.0667. The van der Waals surface area contributed by atoms with E-state index in [1.807, 2.05) is 6.07 Å². The minimum absolute atomic E-state index is 0.137. The van der Waals surface area contributed by atoms with Gasteiger partial charge in [0.2, 0.25) is 0 Å². The summed E-state index contributed by atoms with van der Waals surface area (Å²) in [6.07, 6.45) is 1.33. The summed E-state index contributed by atoms with van der Waals surface area (Å²) in [7, 11) is 0. The Morgan fingerprint density at radius 2 is 2.05 bits per heavy atom. The highest BCUT2D eigenvalue weighted by molar-refractivity contribution is 5.84. The van der Waals surface area contributed by atoms with Crippen molar-refractivity contribution in [3.8, 4) is 11.5 Å². The van der Waals surface area contributed by atoms with E-state index in [1.165, 1.54) is 12.4 Å². The van der Waals surface area contributed by atoms with Crippen molar-refractivity contribution >= 4 is 16.6 Å². The molecule has 1 aromatic heterocycles. The van der Waals surface area contributed by atoms with Gasteiger partial charge in [-0.15, -0.1) is 0 Å². The van der Waals surface area contributed by atoms with Crippen LogP contribution in [0.5, 0.6) is 11.5 Å². The number of nitrogens with two attached hydrogens (primary N) is 1. The van der Waals surface area contributed by atoms with Crippen LogP contribution in [0.1, 0.15) is 5.56 Å². The summed E-state index contributed by atoms with van der Waals surface area (Å²) in [5.41, 5.74) is 7.14. The van der Waals surface area contributed by atoms with Crippen LogP contribution in [0.15, 0.2) is 47.5 Å². The SMILES string of the molecule is Nc1cc2c(=O)[nH]cnc2cc1Oc1ccccc1CO. The molecular weight excluding hydrogens is 270 g/mol. The van der Waals surface area contributed by atoms with Crippen LogP contribution in [0, 0.1) is 0 Å². The number of para-hydroxylation sites is 1. The van der Waals surface area contributed by atoms with Crippen LogP contribution in [0.25, 0.3) is 10.9 Å². The van der Waals surface area contributed by atoms with Crippen LogP contribution in [-0.2, 0) is 6.61 Å². The lowest BCUT2D eigenvalue weighted by Gasteiger charge is -2.12. The number of nitrogens with zero attached hydrogens (tertiary/aromatic N) is 1. The predicted molar refractivity (Wildman–Crippen MR) is 79.2 cm³/mol. The van der Waals surface area contributed by atoms with Crippen LogP contribution in [0.2, 0.25) is 0 Å². The van der Waals surface area contributed by atoms with Crippen LogP contribution >= 0.6 is 0 Å². The molecular formula is C15H13N3O3. The van der Waals surface area contributed by atoms with E-state index in [2.05, 4.69) is 9.97 Å². The molecule has 4 N–H and O–H groups in total. The molecule has 3 aromatic rings. The number of hydrogen-bond donors (Lipinski definition) is 3. The first-order valence-electron chi connectivity index (χ1n) is 6.32. The largest absolute Gasteiger partial charge is 0.455 e. The zero-order chi connectivity index (χ0) is 14.8. The van der Waals surface area contributed by atoms with E-state index >= 15 is 0 Å². The minimum atomic E-state index is -0.256. The van der Waals surface area contributed by atoms with Crippen LogP contribution < -0.4 is 16.0 Å². The summed E-state index contributed by atoms with van der Waals surface area (Å²) >= 11 is 0.